The lowest BCUT2D eigenvalue weighted by Gasteiger charge is -2.15. The highest BCUT2D eigenvalue weighted by Crippen LogP contribution is 2.19. The number of methoxy groups -OCH3 is 1. The number of ether oxygens (including phenoxy) is 1. The van der Waals surface area contributed by atoms with Crippen molar-refractivity contribution < 1.29 is 13.2 Å². The lowest BCUT2D eigenvalue weighted by molar-refractivity contribution is 0.0808. The third kappa shape index (κ3) is 3.06. The van der Waals surface area contributed by atoms with Crippen LogP contribution in [0.15, 0.2) is 29.2 Å². The average Bonchev–Trinajstić information content (AvgIpc) is 2.31. The van der Waals surface area contributed by atoms with Gasteiger partial charge in [-0.15, -0.1) is 0 Å². The van der Waals surface area contributed by atoms with Gasteiger partial charge < -0.3 is 4.74 Å². The van der Waals surface area contributed by atoms with Gasteiger partial charge in [-0.25, -0.2) is 8.42 Å². The van der Waals surface area contributed by atoms with E-state index in [-0.39, 0.29) is 6.23 Å². The molecule has 4 nitrogen and oxygen atoms in total. The molecule has 0 aliphatic rings. The zero-order chi connectivity index (χ0) is 13.1. The standard InChI is InChI=1S/C12H19NO3S/c1-9(2)17(14,15)11-7-5-10(6-8-11)12(13-3)16-4/h5-9,12-13H,1-4H3. The molecule has 0 bridgehead atoms. The van der Waals surface area contributed by atoms with Gasteiger partial charge in [0.1, 0.15) is 6.23 Å². The first-order chi connectivity index (χ1) is 7.93. The van der Waals surface area contributed by atoms with Crippen molar-refractivity contribution in [3.05, 3.63) is 29.8 Å². The summed E-state index contributed by atoms with van der Waals surface area (Å²) >= 11 is 0. The van der Waals surface area contributed by atoms with Crippen molar-refractivity contribution in [1.29, 1.82) is 0 Å². The predicted octanol–water partition coefficient (Wildman–Crippen LogP) is 1.73. The number of nitrogens with one attached hydrogen (secondary N) is 1. The van der Waals surface area contributed by atoms with Gasteiger partial charge in [-0.1, -0.05) is 12.1 Å². The molecule has 0 fully saturated rings. The molecule has 1 N–H and O–H groups in total. The molecule has 0 aromatic heterocycles. The van der Waals surface area contributed by atoms with Gasteiger partial charge in [0.05, 0.1) is 10.1 Å². The lowest BCUT2D eigenvalue weighted by atomic mass is 10.2. The summed E-state index contributed by atoms with van der Waals surface area (Å²) in [5, 5.41) is 2.57. The minimum atomic E-state index is -3.19. The monoisotopic (exact) mass is 257 g/mol. The molecule has 17 heavy (non-hydrogen) atoms. The van der Waals surface area contributed by atoms with Crippen LogP contribution in [0.3, 0.4) is 0 Å². The van der Waals surface area contributed by atoms with Crippen LogP contribution in [-0.4, -0.2) is 27.8 Å². The number of sulfone groups is 1. The molecule has 0 aliphatic heterocycles. The lowest BCUT2D eigenvalue weighted by Crippen LogP contribution is -2.18. The van der Waals surface area contributed by atoms with Crippen molar-refractivity contribution in [2.75, 3.05) is 14.2 Å². The van der Waals surface area contributed by atoms with Crippen LogP contribution >= 0.6 is 0 Å². The summed E-state index contributed by atoms with van der Waals surface area (Å²) in [6.45, 7) is 3.35. The van der Waals surface area contributed by atoms with E-state index in [1.165, 1.54) is 0 Å². The fourth-order valence-corrected chi connectivity index (χ4v) is 2.58. The molecule has 1 unspecified atom stereocenters. The van der Waals surface area contributed by atoms with E-state index in [9.17, 15) is 8.42 Å². The molecule has 0 aliphatic carbocycles. The van der Waals surface area contributed by atoms with E-state index >= 15 is 0 Å². The molecule has 0 radical (unpaired) electrons. The highest BCUT2D eigenvalue weighted by atomic mass is 32.2. The fourth-order valence-electron chi connectivity index (χ4n) is 1.53. The molecule has 1 rings (SSSR count). The minimum Gasteiger partial charge on any atom is -0.362 e. The van der Waals surface area contributed by atoms with Crippen LogP contribution in [0.1, 0.15) is 25.6 Å². The largest absolute Gasteiger partial charge is 0.362 e. The Morgan fingerprint density at radius 1 is 1.18 bits per heavy atom. The van der Waals surface area contributed by atoms with E-state index in [4.69, 9.17) is 4.74 Å². The van der Waals surface area contributed by atoms with Crippen molar-refractivity contribution in [3.8, 4) is 0 Å². The number of rotatable bonds is 5. The second-order valence-electron chi connectivity index (χ2n) is 4.07. The number of hydrogen-bond acceptors (Lipinski definition) is 4. The summed E-state index contributed by atoms with van der Waals surface area (Å²) in [5.41, 5.74) is 0.901. The Hall–Kier alpha value is -0.910. The molecule has 0 saturated carbocycles. The van der Waals surface area contributed by atoms with Crippen LogP contribution in [0, 0.1) is 0 Å². The Balaban J connectivity index is 3.04. The molecule has 1 atom stereocenters. The molecule has 1 aromatic rings. The summed E-state index contributed by atoms with van der Waals surface area (Å²) < 4.78 is 29.0. The van der Waals surface area contributed by atoms with Gasteiger partial charge in [0, 0.05) is 7.11 Å². The molecule has 96 valence electrons. The minimum absolute atomic E-state index is 0.217. The average molecular weight is 257 g/mol. The second kappa shape index (κ2) is 5.62. The van der Waals surface area contributed by atoms with Crippen molar-refractivity contribution in [1.82, 2.24) is 5.32 Å². The molecule has 5 heteroatoms. The Morgan fingerprint density at radius 2 is 1.71 bits per heavy atom. The van der Waals surface area contributed by atoms with E-state index in [1.54, 1.807) is 52.3 Å². The summed E-state index contributed by atoms with van der Waals surface area (Å²) in [7, 11) is 0.188. The molecule has 0 amide bonds. The van der Waals surface area contributed by atoms with Gasteiger partial charge in [-0.2, -0.15) is 0 Å². The molecule has 0 spiro atoms. The first-order valence-corrected chi connectivity index (χ1v) is 7.02. The second-order valence-corrected chi connectivity index (χ2v) is 6.57. The summed E-state index contributed by atoms with van der Waals surface area (Å²) in [6, 6.07) is 6.77. The fraction of sp³-hybridized carbons (Fsp3) is 0.500. The van der Waals surface area contributed by atoms with Gasteiger partial charge in [0.25, 0.3) is 0 Å². The quantitative estimate of drug-likeness (QED) is 0.816. The molecule has 0 heterocycles. The van der Waals surface area contributed by atoms with E-state index < -0.39 is 15.1 Å². The molecular formula is C12H19NO3S. The zero-order valence-electron chi connectivity index (χ0n) is 10.6. The van der Waals surface area contributed by atoms with Crippen LogP contribution in [0.5, 0.6) is 0 Å². The molecule has 0 saturated heterocycles. The van der Waals surface area contributed by atoms with E-state index in [2.05, 4.69) is 5.32 Å². The number of hydrogen-bond donors (Lipinski definition) is 1. The zero-order valence-corrected chi connectivity index (χ0v) is 11.4. The molecule has 1 aromatic carbocycles. The van der Waals surface area contributed by atoms with Crippen LogP contribution < -0.4 is 5.32 Å². The van der Waals surface area contributed by atoms with Crippen molar-refractivity contribution >= 4 is 9.84 Å². The highest BCUT2D eigenvalue weighted by molar-refractivity contribution is 7.92. The topological polar surface area (TPSA) is 55.4 Å². The van der Waals surface area contributed by atoms with Crippen LogP contribution in [0.4, 0.5) is 0 Å². The van der Waals surface area contributed by atoms with Crippen LogP contribution in [0.2, 0.25) is 0 Å². The number of benzene rings is 1. The third-order valence-corrected chi connectivity index (χ3v) is 4.80. The van der Waals surface area contributed by atoms with Crippen LogP contribution in [0.25, 0.3) is 0 Å². The maximum Gasteiger partial charge on any atom is 0.180 e. The van der Waals surface area contributed by atoms with Crippen molar-refractivity contribution in [3.63, 3.8) is 0 Å². The SMILES string of the molecule is CNC(OC)c1ccc(S(=O)(=O)C(C)C)cc1. The van der Waals surface area contributed by atoms with Gasteiger partial charge >= 0.3 is 0 Å². The highest BCUT2D eigenvalue weighted by Gasteiger charge is 2.19. The summed E-state index contributed by atoms with van der Waals surface area (Å²) in [6.07, 6.45) is -0.217. The Labute approximate surface area is 103 Å². The van der Waals surface area contributed by atoms with Gasteiger partial charge in [0.15, 0.2) is 9.84 Å². The summed E-state index contributed by atoms with van der Waals surface area (Å²) in [5.74, 6) is 0. The van der Waals surface area contributed by atoms with E-state index in [0.29, 0.717) is 4.90 Å². The molecular weight excluding hydrogens is 238 g/mol. The van der Waals surface area contributed by atoms with E-state index in [1.807, 2.05) is 0 Å². The van der Waals surface area contributed by atoms with E-state index in [0.717, 1.165) is 5.56 Å². The maximum atomic E-state index is 11.9. The van der Waals surface area contributed by atoms with Gasteiger partial charge in [-0.05, 0) is 38.6 Å². The van der Waals surface area contributed by atoms with Crippen molar-refractivity contribution in [2.45, 2.75) is 30.2 Å². The Kier molecular flexibility index (Phi) is 4.68. The smallest absolute Gasteiger partial charge is 0.180 e. The van der Waals surface area contributed by atoms with Crippen molar-refractivity contribution in [2.24, 2.45) is 0 Å². The Morgan fingerprint density at radius 3 is 2.06 bits per heavy atom. The Bertz CT molecular complexity index is 447. The maximum absolute atomic E-state index is 11.9. The predicted molar refractivity (Wildman–Crippen MR) is 67.6 cm³/mol. The summed E-state index contributed by atoms with van der Waals surface area (Å²) in [4.78, 5) is 0.349. The third-order valence-electron chi connectivity index (χ3n) is 2.63. The first-order valence-electron chi connectivity index (χ1n) is 5.47. The van der Waals surface area contributed by atoms with Crippen LogP contribution in [-0.2, 0) is 14.6 Å². The van der Waals surface area contributed by atoms with Gasteiger partial charge in [0.2, 0.25) is 0 Å². The normalized spacial score (nSPS) is 13.9. The van der Waals surface area contributed by atoms with Gasteiger partial charge in [-0.3, -0.25) is 5.32 Å². The first kappa shape index (κ1) is 14.2.